The monoisotopic (exact) mass is 495 g/mol. The van der Waals surface area contributed by atoms with Crippen molar-refractivity contribution in [3.8, 4) is 34.5 Å². The zero-order valence-corrected chi connectivity index (χ0v) is 20.4. The Balaban J connectivity index is 0.00000141. The first-order valence-corrected chi connectivity index (χ1v) is 12.4. The van der Waals surface area contributed by atoms with Crippen molar-refractivity contribution in [2.75, 3.05) is 5.73 Å². The van der Waals surface area contributed by atoms with Gasteiger partial charge in [0.25, 0.3) is 0 Å². The van der Waals surface area contributed by atoms with Crippen molar-refractivity contribution < 1.29 is 18.6 Å². The third kappa shape index (κ3) is 3.87. The summed E-state index contributed by atoms with van der Waals surface area (Å²) in [5, 5.41) is 14.0. The van der Waals surface area contributed by atoms with Crippen LogP contribution >= 0.6 is 7.67 Å². The second-order valence-corrected chi connectivity index (χ2v) is 9.35. The highest BCUT2D eigenvalue weighted by Crippen LogP contribution is 2.51. The number of imidazole rings is 1. The van der Waals surface area contributed by atoms with Crippen LogP contribution in [0.25, 0.3) is 22.6 Å². The average molecular weight is 495 g/mol. The summed E-state index contributed by atoms with van der Waals surface area (Å²) < 4.78 is 36.1. The van der Waals surface area contributed by atoms with Crippen LogP contribution in [0.5, 0.6) is 5.75 Å². The van der Waals surface area contributed by atoms with Gasteiger partial charge in [0.2, 0.25) is 0 Å². The summed E-state index contributed by atoms with van der Waals surface area (Å²) >= 11 is 0. The maximum absolute atomic E-state index is 14.2. The first-order valence-electron chi connectivity index (χ1n) is 10.8. The number of anilines is 1. The van der Waals surface area contributed by atoms with Crippen molar-refractivity contribution in [1.82, 2.24) is 23.9 Å². The Bertz CT molecular complexity index is 1520. The highest BCUT2D eigenvalue weighted by Gasteiger charge is 2.35. The zero-order valence-electron chi connectivity index (χ0n) is 19.5. The smallest absolute Gasteiger partial charge is 0.419 e. The number of nitrogens with zero attached hydrogens (tertiary/aromatic N) is 6. The highest BCUT2D eigenvalue weighted by atomic mass is 31.2. The molecule has 1 aliphatic rings. The molecule has 0 saturated heterocycles. The van der Waals surface area contributed by atoms with E-state index in [4.69, 9.17) is 10.5 Å². The van der Waals surface area contributed by atoms with E-state index in [1.807, 2.05) is 19.9 Å². The van der Waals surface area contributed by atoms with Gasteiger partial charge in [0.1, 0.15) is 29.4 Å². The van der Waals surface area contributed by atoms with E-state index in [0.29, 0.717) is 16.7 Å². The predicted molar refractivity (Wildman–Crippen MR) is 128 cm³/mol. The van der Waals surface area contributed by atoms with E-state index >= 15 is 0 Å². The summed E-state index contributed by atoms with van der Waals surface area (Å²) in [5.41, 5.74) is 7.55. The Kier molecular flexibility index (Phi) is 6.19. The summed E-state index contributed by atoms with van der Waals surface area (Å²) in [4.78, 5) is 19.7. The van der Waals surface area contributed by atoms with Crippen LogP contribution < -0.4 is 10.5 Å². The summed E-state index contributed by atoms with van der Waals surface area (Å²) in [5.74, 6) is -0.166. The second kappa shape index (κ2) is 8.98. The van der Waals surface area contributed by atoms with E-state index in [9.17, 15) is 19.1 Å². The molecule has 3 aromatic heterocycles. The maximum Gasteiger partial charge on any atom is 0.419 e. The van der Waals surface area contributed by atoms with Crippen LogP contribution in [0.3, 0.4) is 0 Å². The minimum atomic E-state index is -4.51. The summed E-state index contributed by atoms with van der Waals surface area (Å²) in [7, 11) is -4.51. The van der Waals surface area contributed by atoms with Crippen LogP contribution in [0.4, 0.5) is 10.2 Å². The van der Waals surface area contributed by atoms with Gasteiger partial charge in [-0.05, 0) is 38.1 Å². The lowest BCUT2D eigenvalue weighted by atomic mass is 10.0. The van der Waals surface area contributed by atoms with Gasteiger partial charge < -0.3 is 15.4 Å². The molecule has 0 saturated carbocycles. The number of pyridine rings is 1. The highest BCUT2D eigenvalue weighted by molar-refractivity contribution is 7.54. The number of nitrogen functional groups attached to an aromatic ring is 1. The number of benzene rings is 1. The van der Waals surface area contributed by atoms with Gasteiger partial charge in [0, 0.05) is 35.3 Å². The molecule has 2 unspecified atom stereocenters. The molecule has 0 fully saturated rings. The van der Waals surface area contributed by atoms with Gasteiger partial charge in [-0.1, -0.05) is 13.8 Å². The van der Waals surface area contributed by atoms with Crippen molar-refractivity contribution in [3.63, 3.8) is 0 Å². The third-order valence-electron chi connectivity index (χ3n) is 5.46. The zero-order chi connectivity index (χ0) is 25.5. The van der Waals surface area contributed by atoms with Crippen molar-refractivity contribution in [1.29, 1.82) is 5.26 Å². The molecule has 0 aliphatic carbocycles. The number of nitriles is 1. The number of halogens is 1. The van der Waals surface area contributed by atoms with Crippen molar-refractivity contribution in [2.45, 2.75) is 33.8 Å². The van der Waals surface area contributed by atoms with Crippen LogP contribution in [0, 0.1) is 24.1 Å². The van der Waals surface area contributed by atoms with Crippen LogP contribution in [0.2, 0.25) is 0 Å². The van der Waals surface area contributed by atoms with E-state index in [2.05, 4.69) is 15.1 Å². The second-order valence-electron chi connectivity index (χ2n) is 7.52. The molecule has 0 amide bonds. The molecule has 4 aromatic rings. The minimum absolute atomic E-state index is 0.0654. The van der Waals surface area contributed by atoms with Crippen LogP contribution in [-0.4, -0.2) is 28.7 Å². The van der Waals surface area contributed by atoms with Crippen molar-refractivity contribution in [3.05, 3.63) is 65.5 Å². The molecule has 2 bridgehead atoms. The number of aryl methyl sites for hydroxylation is 1. The molecule has 35 heavy (non-hydrogen) atoms. The van der Waals surface area contributed by atoms with E-state index in [1.54, 1.807) is 13.8 Å². The van der Waals surface area contributed by atoms with E-state index in [1.165, 1.54) is 42.9 Å². The van der Waals surface area contributed by atoms with Gasteiger partial charge >= 0.3 is 7.67 Å². The lowest BCUT2D eigenvalue weighted by Crippen LogP contribution is -2.13. The first kappa shape index (κ1) is 24.1. The molecular formula is C23H23FN7O3P. The van der Waals surface area contributed by atoms with Gasteiger partial charge in [-0.3, -0.25) is 0 Å². The molecule has 10 nitrogen and oxygen atoms in total. The number of aromatic nitrogens is 5. The topological polar surface area (TPSA) is 145 Å². The number of fused-ring (bicyclic) bond motifs is 7. The summed E-state index contributed by atoms with van der Waals surface area (Å²) in [6.07, 6.45) is 3.34. The fourth-order valence-corrected chi connectivity index (χ4v) is 5.44. The fraction of sp³-hybridized carbons (Fsp3) is 0.217. The van der Waals surface area contributed by atoms with Gasteiger partial charge in [0.15, 0.2) is 11.6 Å². The summed E-state index contributed by atoms with van der Waals surface area (Å²) in [6.45, 7) is 7.25. The molecule has 0 radical (unpaired) electrons. The maximum atomic E-state index is 14.2. The van der Waals surface area contributed by atoms with Crippen LogP contribution in [-0.2, 0) is 4.57 Å². The molecular weight excluding hydrogens is 472 g/mol. The fourth-order valence-electron chi connectivity index (χ4n) is 3.89. The minimum Gasteiger partial charge on any atom is -0.482 e. The Labute approximate surface area is 201 Å². The normalized spacial score (nSPS) is 18.3. The number of rotatable bonds is 0. The molecule has 1 aromatic carbocycles. The molecule has 12 heteroatoms. The van der Waals surface area contributed by atoms with Crippen LogP contribution in [0.1, 0.15) is 43.7 Å². The molecule has 3 N–H and O–H groups in total. The number of ether oxygens (including phenoxy) is 1. The Morgan fingerprint density at radius 3 is 2.74 bits per heavy atom. The molecule has 4 heterocycles. The molecule has 0 spiro atoms. The SMILES string of the molecule is CC.Cc1nn2c(c1C#N)-c1cnc(N)c(c1)OC(C)c1cc(F)ccc1-c1nccn1P2(=O)O. The average Bonchev–Trinajstić information content (AvgIpc) is 3.46. The van der Waals surface area contributed by atoms with E-state index in [0.717, 1.165) is 8.79 Å². The predicted octanol–water partition coefficient (Wildman–Crippen LogP) is 4.69. The quantitative estimate of drug-likeness (QED) is 0.334. The summed E-state index contributed by atoms with van der Waals surface area (Å²) in [6, 6.07) is 7.53. The molecule has 180 valence electrons. The third-order valence-corrected chi connectivity index (χ3v) is 7.12. The van der Waals surface area contributed by atoms with Gasteiger partial charge in [0.05, 0.1) is 11.4 Å². The molecule has 5 rings (SSSR count). The van der Waals surface area contributed by atoms with Crippen molar-refractivity contribution >= 4 is 13.5 Å². The Morgan fingerprint density at radius 1 is 1.29 bits per heavy atom. The van der Waals surface area contributed by atoms with Crippen LogP contribution in [0.15, 0.2) is 42.9 Å². The molecule has 2 atom stereocenters. The van der Waals surface area contributed by atoms with Crippen molar-refractivity contribution in [2.24, 2.45) is 0 Å². The standard InChI is InChI=1S/C21H17FN7O3P.C2H6/c1-11-17(9-23)19-13-7-18(20(24)26-10-13)32-12(2)16-8-14(22)3-4-15(16)21-25-5-6-28(21)33(30,31)29(19)27-11;1-2/h3-8,10,12H,1-2H3,(H2,24,26)(H,30,31);1-2H3. The van der Waals surface area contributed by atoms with E-state index in [-0.39, 0.29) is 34.3 Å². The Morgan fingerprint density at radius 2 is 2.03 bits per heavy atom. The number of hydrogen-bond donors (Lipinski definition) is 2. The Hall–Kier alpha value is -4.00. The lowest BCUT2D eigenvalue weighted by Gasteiger charge is -2.23. The number of hydrogen-bond acceptors (Lipinski definition) is 7. The van der Waals surface area contributed by atoms with Gasteiger partial charge in [-0.15, -0.1) is 0 Å². The van der Waals surface area contributed by atoms with Gasteiger partial charge in [-0.2, -0.15) is 14.8 Å². The first-order chi connectivity index (χ1) is 16.7. The molecule has 1 aliphatic heterocycles. The van der Waals surface area contributed by atoms with E-state index < -0.39 is 19.6 Å². The number of nitrogens with two attached hydrogens (primary N) is 1. The van der Waals surface area contributed by atoms with Gasteiger partial charge in [-0.25, -0.2) is 23.3 Å². The lowest BCUT2D eigenvalue weighted by molar-refractivity contribution is 0.227. The largest absolute Gasteiger partial charge is 0.482 e.